The molecule has 0 aliphatic heterocycles. The smallest absolute Gasteiger partial charge is 0.310 e. The van der Waals surface area contributed by atoms with Gasteiger partial charge in [-0.05, 0) is 49.7 Å². The number of ketones is 3. The van der Waals surface area contributed by atoms with Crippen molar-refractivity contribution < 1.29 is 44.3 Å². The summed E-state index contributed by atoms with van der Waals surface area (Å²) < 4.78 is 5.05. The minimum Gasteiger partial charge on any atom is -0.508 e. The molecule has 3 aliphatic carbocycles. The van der Waals surface area contributed by atoms with E-state index in [1.165, 1.54) is 0 Å². The minimum absolute atomic E-state index is 0.00826. The van der Waals surface area contributed by atoms with Crippen molar-refractivity contribution in [3.8, 4) is 5.75 Å². The van der Waals surface area contributed by atoms with Gasteiger partial charge in [0.05, 0.1) is 18.6 Å². The second-order valence-corrected chi connectivity index (χ2v) is 12.9. The van der Waals surface area contributed by atoms with E-state index in [0.29, 0.717) is 5.56 Å². The van der Waals surface area contributed by atoms with Crippen LogP contribution in [0.2, 0.25) is 0 Å². The van der Waals surface area contributed by atoms with Crippen molar-refractivity contribution >= 4 is 29.1 Å². The number of benzene rings is 1. The molecule has 41 heavy (non-hydrogen) atoms. The van der Waals surface area contributed by atoms with E-state index in [1.54, 1.807) is 40.7 Å². The highest BCUT2D eigenvalue weighted by Gasteiger charge is 2.72. The number of rotatable bonds is 6. The average Bonchev–Trinajstić information content (AvgIpc) is 2.82. The fourth-order valence-electron chi connectivity index (χ4n) is 7.89. The zero-order chi connectivity index (χ0) is 31.0. The highest BCUT2D eigenvalue weighted by Crippen LogP contribution is 2.65. The first kappa shape index (κ1) is 30.5. The van der Waals surface area contributed by atoms with E-state index in [4.69, 9.17) is 4.74 Å². The lowest BCUT2D eigenvalue weighted by Gasteiger charge is -2.59. The predicted molar refractivity (Wildman–Crippen MR) is 150 cm³/mol. The largest absolute Gasteiger partial charge is 0.508 e. The van der Waals surface area contributed by atoms with Crippen molar-refractivity contribution in [2.75, 3.05) is 6.61 Å². The summed E-state index contributed by atoms with van der Waals surface area (Å²) in [6, 6.07) is 1.72. The Labute approximate surface area is 239 Å². The number of fused-ring (bicyclic) bond motifs is 3. The van der Waals surface area contributed by atoms with E-state index in [0.717, 1.165) is 12.5 Å². The number of aliphatic hydroxyl groups is 3. The molecule has 1 unspecified atom stereocenters. The molecule has 222 valence electrons. The maximum atomic E-state index is 14.4. The number of aromatic hydroxyl groups is 1. The number of aliphatic hydroxyl groups excluding tert-OH is 2. The fraction of sp³-hybridized carbons (Fsp3) is 0.562. The lowest BCUT2D eigenvalue weighted by atomic mass is 9.43. The molecule has 0 heterocycles. The van der Waals surface area contributed by atoms with Crippen molar-refractivity contribution in [1.82, 2.24) is 0 Å². The van der Waals surface area contributed by atoms with Gasteiger partial charge in [0.2, 0.25) is 5.78 Å². The van der Waals surface area contributed by atoms with Gasteiger partial charge in [-0.15, -0.1) is 0 Å². The number of hydrogen-bond acceptors (Lipinski definition) is 9. The molecule has 0 saturated heterocycles. The van der Waals surface area contributed by atoms with Crippen molar-refractivity contribution in [3.63, 3.8) is 0 Å². The molecule has 4 atom stereocenters. The second kappa shape index (κ2) is 9.82. The van der Waals surface area contributed by atoms with E-state index in [9.17, 15) is 39.6 Å². The number of carbonyl (C=O) groups excluding carboxylic acids is 4. The molecule has 4 N–H and O–H groups in total. The summed E-state index contributed by atoms with van der Waals surface area (Å²) in [5, 5.41) is 46.5. The maximum Gasteiger partial charge on any atom is 0.310 e. The molecule has 1 fully saturated rings. The Morgan fingerprint density at radius 3 is 2.22 bits per heavy atom. The van der Waals surface area contributed by atoms with E-state index in [1.807, 2.05) is 13.8 Å². The quantitative estimate of drug-likeness (QED) is 0.288. The zero-order valence-electron chi connectivity index (χ0n) is 25.0. The number of allylic oxidation sites excluding steroid dienone is 1. The molecule has 1 aromatic carbocycles. The standard InChI is InChI=1S/C32H40O9/c1-9-41-20(34)11-17-10-18(14(2)3)19-12-30(7)13-31(8)23(15(4)5)26(36)21(16(6)33)28(38)32(31,40)29(39)24(30)27(37)22(19)25(17)35/h10,14-15,23,35,37-38,40H,9,11-13H2,1-8H3/t23?,30-,31-,32+/m1/s1. The van der Waals surface area contributed by atoms with Gasteiger partial charge in [0.25, 0.3) is 0 Å². The Hall–Kier alpha value is -3.46. The molecule has 1 aromatic rings. The van der Waals surface area contributed by atoms with Gasteiger partial charge < -0.3 is 25.2 Å². The summed E-state index contributed by atoms with van der Waals surface area (Å²) in [7, 11) is 0. The number of phenolic OH excluding ortho intramolecular Hbond substituents is 1. The van der Waals surface area contributed by atoms with E-state index in [2.05, 4.69) is 0 Å². The van der Waals surface area contributed by atoms with Gasteiger partial charge >= 0.3 is 5.97 Å². The van der Waals surface area contributed by atoms with Crippen LogP contribution < -0.4 is 0 Å². The molecular formula is C32H40O9. The van der Waals surface area contributed by atoms with Gasteiger partial charge in [-0.1, -0.05) is 47.6 Å². The SMILES string of the molecule is CCOC(=O)Cc1cc(C(C)C)c2c(c1O)C(O)=C1C(=O)[C@@]3(O)C(O)=C(C(C)=O)C(=O)C(C(C)C)[C@@]3(C)C[C@@]1(C)C2. The summed E-state index contributed by atoms with van der Waals surface area (Å²) in [6.45, 7) is 13.7. The van der Waals surface area contributed by atoms with Gasteiger partial charge in [0.1, 0.15) is 22.8 Å². The minimum atomic E-state index is -2.67. The number of esters is 1. The molecule has 4 rings (SSSR count). The van der Waals surface area contributed by atoms with Crippen LogP contribution in [-0.4, -0.2) is 56.0 Å². The van der Waals surface area contributed by atoms with Gasteiger partial charge in [-0.3, -0.25) is 19.2 Å². The number of ether oxygens (including phenoxy) is 1. The van der Waals surface area contributed by atoms with Gasteiger partial charge in [0, 0.05) is 27.9 Å². The lowest BCUT2D eigenvalue weighted by molar-refractivity contribution is -0.178. The molecule has 9 nitrogen and oxygen atoms in total. The van der Waals surface area contributed by atoms with Crippen LogP contribution >= 0.6 is 0 Å². The zero-order valence-corrected chi connectivity index (χ0v) is 25.0. The van der Waals surface area contributed by atoms with E-state index >= 15 is 0 Å². The number of carbonyl (C=O) groups is 4. The third-order valence-corrected chi connectivity index (χ3v) is 9.38. The van der Waals surface area contributed by atoms with Gasteiger partial charge in [-0.25, -0.2) is 0 Å². The number of hydrogen-bond donors (Lipinski definition) is 4. The monoisotopic (exact) mass is 568 g/mol. The van der Waals surface area contributed by atoms with Crippen LogP contribution in [0.4, 0.5) is 0 Å². The fourth-order valence-corrected chi connectivity index (χ4v) is 7.89. The first-order valence-corrected chi connectivity index (χ1v) is 14.1. The Morgan fingerprint density at radius 1 is 1.10 bits per heavy atom. The number of phenols is 1. The summed E-state index contributed by atoms with van der Waals surface area (Å²) in [6.07, 6.45) is -0.0527. The number of Topliss-reactive ketones (excluding diaryl/α,β-unsaturated/α-hetero) is 3. The first-order chi connectivity index (χ1) is 18.9. The molecule has 9 heteroatoms. The van der Waals surface area contributed by atoms with Crippen LogP contribution in [0, 0.1) is 22.7 Å². The Morgan fingerprint density at radius 2 is 1.71 bits per heavy atom. The molecule has 0 spiro atoms. The second-order valence-electron chi connectivity index (χ2n) is 12.9. The molecular weight excluding hydrogens is 528 g/mol. The van der Waals surface area contributed by atoms with Gasteiger partial charge in [0.15, 0.2) is 17.2 Å². The summed E-state index contributed by atoms with van der Waals surface area (Å²) in [4.78, 5) is 52.9. The van der Waals surface area contributed by atoms with Crippen LogP contribution in [0.25, 0.3) is 5.76 Å². The van der Waals surface area contributed by atoms with Crippen LogP contribution in [0.15, 0.2) is 23.0 Å². The van der Waals surface area contributed by atoms with Crippen molar-refractivity contribution in [2.24, 2.45) is 22.7 Å². The van der Waals surface area contributed by atoms with Crippen molar-refractivity contribution in [3.05, 3.63) is 45.2 Å². The molecule has 3 aliphatic rings. The molecule has 0 amide bonds. The first-order valence-electron chi connectivity index (χ1n) is 14.1. The molecule has 0 bridgehead atoms. The van der Waals surface area contributed by atoms with Crippen LogP contribution in [0.5, 0.6) is 5.75 Å². The highest BCUT2D eigenvalue weighted by molar-refractivity contribution is 6.24. The van der Waals surface area contributed by atoms with Crippen LogP contribution in [-0.2, 0) is 36.8 Å². The molecule has 0 aromatic heterocycles. The van der Waals surface area contributed by atoms with E-state index < -0.39 is 68.7 Å². The van der Waals surface area contributed by atoms with Gasteiger partial charge in [-0.2, -0.15) is 0 Å². The third kappa shape index (κ3) is 4.07. The molecule has 0 radical (unpaired) electrons. The average molecular weight is 569 g/mol. The van der Waals surface area contributed by atoms with Crippen LogP contribution in [0.3, 0.4) is 0 Å². The van der Waals surface area contributed by atoms with E-state index in [-0.39, 0.29) is 54.2 Å². The Bertz CT molecular complexity index is 1450. The Balaban J connectivity index is 2.06. The highest BCUT2D eigenvalue weighted by atomic mass is 16.5. The summed E-state index contributed by atoms with van der Waals surface area (Å²) in [5.74, 6) is -6.37. The van der Waals surface area contributed by atoms with Crippen LogP contribution in [0.1, 0.15) is 90.0 Å². The maximum absolute atomic E-state index is 14.4. The van der Waals surface area contributed by atoms with Crippen molar-refractivity contribution in [1.29, 1.82) is 0 Å². The normalized spacial score (nSPS) is 29.5. The summed E-state index contributed by atoms with van der Waals surface area (Å²) in [5.41, 5.74) is -4.52. The lowest BCUT2D eigenvalue weighted by Crippen LogP contribution is -2.69. The summed E-state index contributed by atoms with van der Waals surface area (Å²) >= 11 is 0. The Kier molecular flexibility index (Phi) is 7.31. The molecule has 1 saturated carbocycles. The topological polar surface area (TPSA) is 158 Å². The third-order valence-electron chi connectivity index (χ3n) is 9.38. The predicted octanol–water partition coefficient (Wildman–Crippen LogP) is 4.42. The van der Waals surface area contributed by atoms with Crippen molar-refractivity contribution in [2.45, 2.75) is 86.2 Å².